The van der Waals surface area contributed by atoms with Gasteiger partial charge in [-0.3, -0.25) is 14.4 Å². The molecule has 2 N–H and O–H groups in total. The van der Waals surface area contributed by atoms with Gasteiger partial charge in [-0.1, -0.05) is 66.5 Å². The molecular formula is C27H23Cl2N3O3. The summed E-state index contributed by atoms with van der Waals surface area (Å²) < 4.78 is 0. The number of imide groups is 1. The first kappa shape index (κ1) is 24.5. The first-order valence-electron chi connectivity index (χ1n) is 11.1. The number of hydrogen-bond acceptors (Lipinski definition) is 4. The van der Waals surface area contributed by atoms with Crippen LogP contribution in [0.25, 0.3) is 0 Å². The zero-order chi connectivity index (χ0) is 25.1. The zero-order valence-corrected chi connectivity index (χ0v) is 20.7. The Hall–Kier alpha value is -3.61. The minimum absolute atomic E-state index is 0.0160. The second-order valence-corrected chi connectivity index (χ2v) is 8.86. The fraction of sp³-hybridized carbons (Fsp3) is 0.148. The predicted molar refractivity (Wildman–Crippen MR) is 140 cm³/mol. The van der Waals surface area contributed by atoms with Crippen molar-refractivity contribution in [2.24, 2.45) is 0 Å². The van der Waals surface area contributed by atoms with Crippen molar-refractivity contribution in [1.82, 2.24) is 0 Å². The van der Waals surface area contributed by atoms with E-state index in [2.05, 4.69) is 10.6 Å². The number of hydrogen-bond donors (Lipinski definition) is 2. The van der Waals surface area contributed by atoms with Crippen LogP contribution >= 0.6 is 23.2 Å². The number of benzene rings is 3. The number of nitrogens with zero attached hydrogens (tertiary/aromatic N) is 1. The highest BCUT2D eigenvalue weighted by molar-refractivity contribution is 6.53. The Labute approximate surface area is 213 Å². The number of nitrogens with one attached hydrogen (secondary N) is 2. The Morgan fingerprint density at radius 2 is 1.63 bits per heavy atom. The molecule has 4 rings (SSSR count). The molecule has 0 fully saturated rings. The number of para-hydroxylation sites is 1. The molecule has 0 bridgehead atoms. The first-order valence-corrected chi connectivity index (χ1v) is 11.8. The van der Waals surface area contributed by atoms with Crippen molar-refractivity contribution in [3.05, 3.63) is 99.2 Å². The average Bonchev–Trinajstić information content (AvgIpc) is 3.05. The minimum atomic E-state index is -0.620. The molecule has 3 aromatic rings. The molecule has 8 heteroatoms. The van der Waals surface area contributed by atoms with Crippen LogP contribution in [0.15, 0.2) is 77.5 Å². The molecule has 0 saturated carbocycles. The summed E-state index contributed by atoms with van der Waals surface area (Å²) in [6.45, 7) is 3.77. The molecule has 1 aliphatic rings. The third-order valence-corrected chi connectivity index (χ3v) is 6.53. The quantitative estimate of drug-likeness (QED) is 0.394. The molecule has 0 saturated heterocycles. The van der Waals surface area contributed by atoms with Crippen molar-refractivity contribution in [2.45, 2.75) is 26.7 Å². The van der Waals surface area contributed by atoms with Crippen LogP contribution in [0, 0.1) is 6.92 Å². The Kier molecular flexibility index (Phi) is 7.24. The molecule has 0 spiro atoms. The fourth-order valence-electron chi connectivity index (χ4n) is 3.85. The lowest BCUT2D eigenvalue weighted by atomic mass is 10.1. The number of carbonyl (C=O) groups is 3. The van der Waals surface area contributed by atoms with E-state index in [9.17, 15) is 14.4 Å². The minimum Gasteiger partial charge on any atom is -0.350 e. The maximum Gasteiger partial charge on any atom is 0.283 e. The van der Waals surface area contributed by atoms with Gasteiger partial charge in [-0.05, 0) is 60.4 Å². The largest absolute Gasteiger partial charge is 0.350 e. The van der Waals surface area contributed by atoms with E-state index >= 15 is 0 Å². The van der Waals surface area contributed by atoms with Crippen molar-refractivity contribution in [1.29, 1.82) is 0 Å². The normalized spacial score (nSPS) is 13.4. The first-order chi connectivity index (χ1) is 16.8. The third-order valence-electron chi connectivity index (χ3n) is 5.77. The maximum atomic E-state index is 13.0. The second-order valence-electron chi connectivity index (χ2n) is 8.08. The molecule has 0 aliphatic carbocycles. The van der Waals surface area contributed by atoms with E-state index in [4.69, 9.17) is 23.2 Å². The molecule has 3 aromatic carbocycles. The highest BCUT2D eigenvalue weighted by atomic mass is 35.5. The molecule has 6 nitrogen and oxygen atoms in total. The Balaban J connectivity index is 1.44. The number of rotatable bonds is 7. The third kappa shape index (κ3) is 5.09. The van der Waals surface area contributed by atoms with Gasteiger partial charge in [0.05, 0.1) is 12.1 Å². The zero-order valence-electron chi connectivity index (χ0n) is 19.2. The van der Waals surface area contributed by atoms with Gasteiger partial charge in [0.1, 0.15) is 10.7 Å². The van der Waals surface area contributed by atoms with E-state index in [0.29, 0.717) is 22.0 Å². The molecule has 1 heterocycles. The summed E-state index contributed by atoms with van der Waals surface area (Å²) in [5.74, 6) is -1.31. The van der Waals surface area contributed by atoms with Crippen molar-refractivity contribution in [2.75, 3.05) is 15.5 Å². The Bertz CT molecular complexity index is 1350. The number of anilines is 3. The highest BCUT2D eigenvalue weighted by Gasteiger charge is 2.39. The monoisotopic (exact) mass is 507 g/mol. The van der Waals surface area contributed by atoms with Gasteiger partial charge in [0.2, 0.25) is 5.91 Å². The van der Waals surface area contributed by atoms with Crippen LogP contribution in [0.5, 0.6) is 0 Å². The number of halogens is 2. The predicted octanol–water partition coefficient (Wildman–Crippen LogP) is 5.83. The van der Waals surface area contributed by atoms with Crippen LogP contribution in [0.2, 0.25) is 5.02 Å². The summed E-state index contributed by atoms with van der Waals surface area (Å²) in [6, 6.07) is 19.7. The molecule has 0 aromatic heterocycles. The van der Waals surface area contributed by atoms with Crippen LogP contribution in [-0.2, 0) is 27.2 Å². The van der Waals surface area contributed by atoms with Gasteiger partial charge >= 0.3 is 0 Å². The summed E-state index contributed by atoms with van der Waals surface area (Å²) in [7, 11) is 0. The molecule has 0 unspecified atom stereocenters. The van der Waals surface area contributed by atoms with Gasteiger partial charge < -0.3 is 10.6 Å². The van der Waals surface area contributed by atoms with Gasteiger partial charge in [0.15, 0.2) is 0 Å². The van der Waals surface area contributed by atoms with E-state index in [1.54, 1.807) is 49.4 Å². The van der Waals surface area contributed by atoms with Crippen LogP contribution in [0.4, 0.5) is 17.1 Å². The van der Waals surface area contributed by atoms with Gasteiger partial charge in [0.25, 0.3) is 11.8 Å². The van der Waals surface area contributed by atoms with E-state index in [-0.39, 0.29) is 23.1 Å². The van der Waals surface area contributed by atoms with Gasteiger partial charge in [-0.15, -0.1) is 0 Å². The Morgan fingerprint density at radius 3 is 2.34 bits per heavy atom. The number of aryl methyl sites for hydroxylation is 1. The van der Waals surface area contributed by atoms with Crippen LogP contribution in [0.1, 0.15) is 23.6 Å². The maximum absolute atomic E-state index is 13.0. The summed E-state index contributed by atoms with van der Waals surface area (Å²) in [6.07, 6.45) is 1.02. The van der Waals surface area contributed by atoms with Crippen molar-refractivity contribution >= 4 is 58.0 Å². The van der Waals surface area contributed by atoms with E-state index in [1.807, 2.05) is 31.2 Å². The molecule has 0 atom stereocenters. The van der Waals surface area contributed by atoms with Gasteiger partial charge in [0, 0.05) is 16.4 Å². The summed E-state index contributed by atoms with van der Waals surface area (Å²) in [5.41, 5.74) is 4.21. The summed E-state index contributed by atoms with van der Waals surface area (Å²) >= 11 is 12.4. The summed E-state index contributed by atoms with van der Waals surface area (Å²) in [5, 5.41) is 6.14. The lowest BCUT2D eigenvalue weighted by Crippen LogP contribution is -2.32. The van der Waals surface area contributed by atoms with E-state index < -0.39 is 11.8 Å². The smallest absolute Gasteiger partial charge is 0.283 e. The van der Waals surface area contributed by atoms with Gasteiger partial charge in [-0.2, -0.15) is 0 Å². The van der Waals surface area contributed by atoms with E-state index in [0.717, 1.165) is 28.1 Å². The van der Waals surface area contributed by atoms with Crippen LogP contribution in [0.3, 0.4) is 0 Å². The molecular weight excluding hydrogens is 485 g/mol. The molecule has 3 amide bonds. The lowest BCUT2D eigenvalue weighted by molar-refractivity contribution is -0.120. The molecule has 1 aliphatic heterocycles. The Morgan fingerprint density at radius 1 is 0.914 bits per heavy atom. The van der Waals surface area contributed by atoms with Gasteiger partial charge in [-0.25, -0.2) is 4.90 Å². The van der Waals surface area contributed by atoms with E-state index in [1.165, 1.54) is 0 Å². The second kappa shape index (κ2) is 10.3. The summed E-state index contributed by atoms with van der Waals surface area (Å²) in [4.78, 5) is 39.3. The average molecular weight is 508 g/mol. The molecule has 178 valence electrons. The fourth-order valence-corrected chi connectivity index (χ4v) is 4.23. The standard InChI is InChI=1S/C27H23Cl2N3O3/c1-3-18-7-4-5-9-21(18)31-23(33)15-17-11-13-19(14-12-17)30-25-24(29)26(34)32(27(25)35)22-10-6-8-20(28)16(22)2/h4-14,30H,3,15H2,1-2H3,(H,31,33). The van der Waals surface area contributed by atoms with Crippen molar-refractivity contribution < 1.29 is 14.4 Å². The highest BCUT2D eigenvalue weighted by Crippen LogP contribution is 2.34. The van der Waals surface area contributed by atoms with Crippen molar-refractivity contribution in [3.63, 3.8) is 0 Å². The lowest BCUT2D eigenvalue weighted by Gasteiger charge is -2.18. The number of carbonyl (C=O) groups excluding carboxylic acids is 3. The molecule has 0 radical (unpaired) electrons. The molecule has 35 heavy (non-hydrogen) atoms. The SMILES string of the molecule is CCc1ccccc1NC(=O)Cc1ccc(NC2=C(Cl)C(=O)N(c3cccc(Cl)c3C)C2=O)cc1. The van der Waals surface area contributed by atoms with Crippen LogP contribution < -0.4 is 15.5 Å². The number of amides is 3. The van der Waals surface area contributed by atoms with Crippen LogP contribution in [-0.4, -0.2) is 17.7 Å². The topological polar surface area (TPSA) is 78.5 Å². The van der Waals surface area contributed by atoms with Crippen molar-refractivity contribution in [3.8, 4) is 0 Å².